The van der Waals surface area contributed by atoms with Gasteiger partial charge in [0.2, 0.25) is 12.2 Å². The van der Waals surface area contributed by atoms with Gasteiger partial charge in [-0.05, 0) is 0 Å². The van der Waals surface area contributed by atoms with Crippen LogP contribution in [-0.4, -0.2) is 25.2 Å². The molecule has 0 rings (SSSR count). The molecule has 0 saturated carbocycles. The Labute approximate surface area is 57.7 Å². The zero-order chi connectivity index (χ0) is 7.66. The maximum absolute atomic E-state index is 9.45. The quantitative estimate of drug-likeness (QED) is 0.296. The lowest BCUT2D eigenvalue weighted by molar-refractivity contribution is 0.563. The van der Waals surface area contributed by atoms with Crippen LogP contribution in [0.25, 0.3) is 0 Å². The molecule has 0 radical (unpaired) electrons. The van der Waals surface area contributed by atoms with E-state index >= 15 is 0 Å². The van der Waals surface area contributed by atoms with E-state index in [0.29, 0.717) is 0 Å². The molecular weight excluding hydrogens is 132 g/mol. The summed E-state index contributed by atoms with van der Waals surface area (Å²) in [6, 6.07) is 0. The van der Waals surface area contributed by atoms with Crippen molar-refractivity contribution in [1.29, 1.82) is 0 Å². The largest absolute Gasteiger partial charge is 0.235 e. The molecule has 0 aliphatic carbocycles. The van der Waals surface area contributed by atoms with E-state index in [4.69, 9.17) is 0 Å². The average molecular weight is 136 g/mol. The van der Waals surface area contributed by atoms with Crippen molar-refractivity contribution in [2.75, 3.05) is 13.1 Å². The molecule has 50 valence electrons. The second kappa shape index (κ2) is 7.32. The zero-order valence-electron chi connectivity index (χ0n) is 5.13. The highest BCUT2D eigenvalue weighted by Crippen LogP contribution is 1.63. The summed E-state index contributed by atoms with van der Waals surface area (Å²) in [4.78, 5) is 25.2. The molecule has 0 unspecified atom stereocenters. The van der Waals surface area contributed by atoms with Crippen molar-refractivity contribution in [2.24, 2.45) is 9.98 Å². The Balaban J connectivity index is 3.49. The van der Waals surface area contributed by atoms with E-state index in [1.54, 1.807) is 0 Å². The SMILES string of the molecule is O=C=NCC#CCN=C=O. The number of aliphatic imine (C=N–C) groups is 2. The summed E-state index contributed by atoms with van der Waals surface area (Å²) in [5.41, 5.74) is 0. The maximum atomic E-state index is 9.45. The second-order valence-corrected chi connectivity index (χ2v) is 1.17. The smallest absolute Gasteiger partial charge is 0.211 e. The predicted octanol–water partition coefficient (Wildman–Crippen LogP) is -0.339. The first-order valence-corrected chi connectivity index (χ1v) is 2.45. The van der Waals surface area contributed by atoms with Gasteiger partial charge in [0.15, 0.2) is 0 Å². The number of hydrogen-bond acceptors (Lipinski definition) is 4. The summed E-state index contributed by atoms with van der Waals surface area (Å²) in [6.45, 7) is 0.218. The Morgan fingerprint density at radius 2 is 1.30 bits per heavy atom. The molecule has 0 aliphatic rings. The van der Waals surface area contributed by atoms with Crippen LogP contribution >= 0.6 is 0 Å². The summed E-state index contributed by atoms with van der Waals surface area (Å²) in [6.07, 6.45) is 2.65. The van der Waals surface area contributed by atoms with Gasteiger partial charge in [-0.1, -0.05) is 11.8 Å². The van der Waals surface area contributed by atoms with Crippen LogP contribution in [0.5, 0.6) is 0 Å². The van der Waals surface area contributed by atoms with Crippen LogP contribution in [0.2, 0.25) is 0 Å². The van der Waals surface area contributed by atoms with Crippen LogP contribution in [0.15, 0.2) is 9.98 Å². The fourth-order valence-corrected chi connectivity index (χ4v) is 0.255. The number of hydrogen-bond donors (Lipinski definition) is 0. The van der Waals surface area contributed by atoms with Gasteiger partial charge in [-0.3, -0.25) is 0 Å². The van der Waals surface area contributed by atoms with Crippen molar-refractivity contribution in [3.63, 3.8) is 0 Å². The first kappa shape index (κ1) is 8.32. The Morgan fingerprint density at radius 1 is 0.900 bits per heavy atom. The molecule has 0 aromatic rings. The van der Waals surface area contributed by atoms with Crippen molar-refractivity contribution in [3.05, 3.63) is 0 Å². The molecule has 0 atom stereocenters. The van der Waals surface area contributed by atoms with E-state index in [9.17, 15) is 9.59 Å². The Bertz CT molecular complexity index is 212. The van der Waals surface area contributed by atoms with Crippen LogP contribution in [0.3, 0.4) is 0 Å². The maximum Gasteiger partial charge on any atom is 0.235 e. The molecule has 4 heteroatoms. The first-order valence-electron chi connectivity index (χ1n) is 2.45. The number of carbonyl (C=O) groups excluding carboxylic acids is 2. The highest BCUT2D eigenvalue weighted by molar-refractivity contribution is 5.34. The molecule has 0 fully saturated rings. The molecule has 4 nitrogen and oxygen atoms in total. The van der Waals surface area contributed by atoms with Crippen molar-refractivity contribution in [3.8, 4) is 11.8 Å². The lowest BCUT2D eigenvalue weighted by Crippen LogP contribution is -1.74. The molecule has 0 heterocycles. The minimum Gasteiger partial charge on any atom is -0.211 e. The monoisotopic (exact) mass is 136 g/mol. The number of nitrogens with zero attached hydrogens (tertiary/aromatic N) is 2. The summed E-state index contributed by atoms with van der Waals surface area (Å²) >= 11 is 0. The molecule has 0 amide bonds. The highest BCUT2D eigenvalue weighted by atomic mass is 16.1. The fourth-order valence-electron chi connectivity index (χ4n) is 0.255. The molecule has 0 spiro atoms. The third kappa shape index (κ3) is 6.32. The third-order valence-electron chi connectivity index (χ3n) is 0.570. The lowest BCUT2D eigenvalue weighted by atomic mass is 10.6. The molecule has 0 saturated heterocycles. The van der Waals surface area contributed by atoms with E-state index in [-0.39, 0.29) is 13.1 Å². The summed E-state index contributed by atoms with van der Waals surface area (Å²) in [5, 5.41) is 0. The van der Waals surface area contributed by atoms with E-state index in [2.05, 4.69) is 21.8 Å². The van der Waals surface area contributed by atoms with E-state index < -0.39 is 0 Å². The highest BCUT2D eigenvalue weighted by Gasteiger charge is 1.67. The number of isocyanates is 2. The van der Waals surface area contributed by atoms with Crippen LogP contribution < -0.4 is 0 Å². The topological polar surface area (TPSA) is 58.9 Å². The van der Waals surface area contributed by atoms with Gasteiger partial charge < -0.3 is 0 Å². The minimum absolute atomic E-state index is 0.109. The van der Waals surface area contributed by atoms with Crippen LogP contribution in [0.4, 0.5) is 0 Å². The van der Waals surface area contributed by atoms with Gasteiger partial charge in [-0.15, -0.1) is 0 Å². The molecule has 10 heavy (non-hydrogen) atoms. The average Bonchev–Trinajstić information content (AvgIpc) is 1.97. The van der Waals surface area contributed by atoms with Crippen LogP contribution in [0, 0.1) is 11.8 Å². The van der Waals surface area contributed by atoms with Gasteiger partial charge in [0.25, 0.3) is 0 Å². The Kier molecular flexibility index (Phi) is 6.09. The Morgan fingerprint density at radius 3 is 1.60 bits per heavy atom. The summed E-state index contributed by atoms with van der Waals surface area (Å²) < 4.78 is 0. The van der Waals surface area contributed by atoms with Gasteiger partial charge >= 0.3 is 0 Å². The van der Waals surface area contributed by atoms with Crippen LogP contribution in [0.1, 0.15) is 0 Å². The van der Waals surface area contributed by atoms with E-state index in [1.807, 2.05) is 0 Å². The van der Waals surface area contributed by atoms with E-state index in [0.717, 1.165) is 0 Å². The van der Waals surface area contributed by atoms with Crippen molar-refractivity contribution >= 4 is 12.2 Å². The summed E-state index contributed by atoms with van der Waals surface area (Å²) in [7, 11) is 0. The molecule has 0 aromatic heterocycles. The fraction of sp³-hybridized carbons (Fsp3) is 0.333. The Hall–Kier alpha value is -1.68. The van der Waals surface area contributed by atoms with Crippen molar-refractivity contribution in [2.45, 2.75) is 0 Å². The van der Waals surface area contributed by atoms with E-state index in [1.165, 1.54) is 12.2 Å². The first-order chi connectivity index (χ1) is 4.91. The standard InChI is InChI=1S/C6H4N2O2/c9-5-7-3-1-2-4-8-6-10/h3-4H2. The van der Waals surface area contributed by atoms with Gasteiger partial charge in [0, 0.05) is 0 Å². The molecule has 0 N–H and O–H groups in total. The van der Waals surface area contributed by atoms with Gasteiger partial charge in [-0.25, -0.2) is 9.59 Å². The van der Waals surface area contributed by atoms with Gasteiger partial charge in [0.05, 0.1) is 0 Å². The summed E-state index contributed by atoms with van der Waals surface area (Å²) in [5.74, 6) is 4.94. The minimum atomic E-state index is 0.109. The lowest BCUT2D eigenvalue weighted by Gasteiger charge is -1.69. The molecule has 0 bridgehead atoms. The van der Waals surface area contributed by atoms with Crippen molar-refractivity contribution < 1.29 is 9.59 Å². The zero-order valence-corrected chi connectivity index (χ0v) is 5.13. The predicted molar refractivity (Wildman–Crippen MR) is 33.8 cm³/mol. The number of rotatable bonds is 2. The normalized spacial score (nSPS) is 6.00. The molecular formula is C6H4N2O2. The molecule has 0 aromatic carbocycles. The van der Waals surface area contributed by atoms with Crippen molar-refractivity contribution in [1.82, 2.24) is 0 Å². The van der Waals surface area contributed by atoms with Crippen LogP contribution in [-0.2, 0) is 9.59 Å². The second-order valence-electron chi connectivity index (χ2n) is 1.17. The third-order valence-corrected chi connectivity index (χ3v) is 0.570. The van der Waals surface area contributed by atoms with Gasteiger partial charge in [-0.2, -0.15) is 9.98 Å². The molecule has 0 aliphatic heterocycles. The van der Waals surface area contributed by atoms with Gasteiger partial charge in [0.1, 0.15) is 13.1 Å².